The summed E-state index contributed by atoms with van der Waals surface area (Å²) in [6.07, 6.45) is 4.45. The molecule has 1 amide bonds. The van der Waals surface area contributed by atoms with Gasteiger partial charge in [-0.1, -0.05) is 30.3 Å². The van der Waals surface area contributed by atoms with E-state index >= 15 is 0 Å². The van der Waals surface area contributed by atoms with E-state index in [2.05, 4.69) is 32.3 Å². The van der Waals surface area contributed by atoms with Gasteiger partial charge < -0.3 is 19.9 Å². The fraction of sp³-hybridized carbons (Fsp3) is 0.333. The zero-order valence-corrected chi connectivity index (χ0v) is 17.9. The molecule has 1 aromatic carbocycles. The van der Waals surface area contributed by atoms with Gasteiger partial charge in [-0.15, -0.1) is 0 Å². The monoisotopic (exact) mass is 430 g/mol. The van der Waals surface area contributed by atoms with Gasteiger partial charge in [0.25, 0.3) is 5.91 Å². The Hall–Kier alpha value is -3.52. The Morgan fingerprint density at radius 2 is 1.81 bits per heavy atom. The van der Waals surface area contributed by atoms with Crippen molar-refractivity contribution in [2.45, 2.75) is 12.5 Å². The van der Waals surface area contributed by atoms with Crippen LogP contribution in [-0.2, 0) is 4.74 Å². The number of carbonyl (C=O) groups excluding carboxylic acids is 1. The minimum absolute atomic E-state index is 0.0259. The molecule has 2 aromatic heterocycles. The van der Waals surface area contributed by atoms with Crippen molar-refractivity contribution in [3.8, 4) is 11.3 Å². The van der Waals surface area contributed by atoms with Gasteiger partial charge in [-0.2, -0.15) is 0 Å². The first-order chi connectivity index (χ1) is 15.8. The van der Waals surface area contributed by atoms with Crippen molar-refractivity contribution < 1.29 is 9.53 Å². The smallest absolute Gasteiger partial charge is 0.254 e. The molecule has 32 heavy (non-hydrogen) atoms. The van der Waals surface area contributed by atoms with Crippen molar-refractivity contribution in [3.05, 3.63) is 66.5 Å². The minimum atomic E-state index is 0.0259. The summed E-state index contributed by atoms with van der Waals surface area (Å²) in [6, 6.07) is 15.9. The number of anilines is 2. The fourth-order valence-electron chi connectivity index (χ4n) is 4.13. The number of hydrogen-bond acceptors (Lipinski definition) is 7. The van der Waals surface area contributed by atoms with Gasteiger partial charge in [0, 0.05) is 55.7 Å². The summed E-state index contributed by atoms with van der Waals surface area (Å²) in [7, 11) is 0. The summed E-state index contributed by atoms with van der Waals surface area (Å²) in [6.45, 7) is 4.08. The highest BCUT2D eigenvalue weighted by Gasteiger charge is 2.25. The first kappa shape index (κ1) is 20.4. The second-order valence-corrected chi connectivity index (χ2v) is 8.02. The molecule has 4 heterocycles. The lowest BCUT2D eigenvalue weighted by Crippen LogP contribution is -2.40. The van der Waals surface area contributed by atoms with Crippen LogP contribution in [0.25, 0.3) is 11.3 Å². The maximum absolute atomic E-state index is 12.8. The molecule has 164 valence electrons. The zero-order chi connectivity index (χ0) is 21.8. The summed E-state index contributed by atoms with van der Waals surface area (Å²) in [5.74, 6) is 1.48. The van der Waals surface area contributed by atoms with Gasteiger partial charge in [-0.05, 0) is 24.6 Å². The summed E-state index contributed by atoms with van der Waals surface area (Å²) >= 11 is 0. The lowest BCUT2D eigenvalue weighted by Gasteiger charge is -2.27. The highest BCUT2D eigenvalue weighted by Crippen LogP contribution is 2.23. The normalized spacial score (nSPS) is 18.6. The fourth-order valence-corrected chi connectivity index (χ4v) is 4.13. The van der Waals surface area contributed by atoms with E-state index in [1.165, 1.54) is 0 Å². The molecule has 8 heteroatoms. The molecule has 0 spiro atoms. The Bertz CT molecular complexity index is 1070. The molecule has 3 aromatic rings. The van der Waals surface area contributed by atoms with Gasteiger partial charge in [-0.3, -0.25) is 4.79 Å². The second-order valence-electron chi connectivity index (χ2n) is 8.02. The number of nitrogens with one attached hydrogen (secondary N) is 1. The molecular weight excluding hydrogens is 404 g/mol. The van der Waals surface area contributed by atoms with E-state index in [9.17, 15) is 4.79 Å². The van der Waals surface area contributed by atoms with Crippen molar-refractivity contribution in [2.75, 3.05) is 49.6 Å². The average Bonchev–Trinajstić information content (AvgIpc) is 3.33. The predicted molar refractivity (Wildman–Crippen MR) is 123 cm³/mol. The Morgan fingerprint density at radius 3 is 2.66 bits per heavy atom. The largest absolute Gasteiger partial charge is 0.378 e. The molecule has 1 unspecified atom stereocenters. The highest BCUT2D eigenvalue weighted by atomic mass is 16.5. The van der Waals surface area contributed by atoms with Gasteiger partial charge >= 0.3 is 0 Å². The number of morpholine rings is 1. The first-order valence-electron chi connectivity index (χ1n) is 11.0. The van der Waals surface area contributed by atoms with Gasteiger partial charge in [0.15, 0.2) is 0 Å². The molecule has 1 atom stereocenters. The molecule has 5 rings (SSSR count). The summed E-state index contributed by atoms with van der Waals surface area (Å²) in [5, 5.41) is 3.48. The molecule has 0 saturated carbocycles. The van der Waals surface area contributed by atoms with Crippen LogP contribution in [0.1, 0.15) is 16.8 Å². The van der Waals surface area contributed by atoms with E-state index in [0.717, 1.165) is 42.5 Å². The molecule has 2 aliphatic rings. The Kier molecular flexibility index (Phi) is 5.93. The number of aromatic nitrogens is 3. The van der Waals surface area contributed by atoms with E-state index in [1.54, 1.807) is 12.3 Å². The van der Waals surface area contributed by atoms with Gasteiger partial charge in [0.2, 0.25) is 5.95 Å². The van der Waals surface area contributed by atoms with Crippen LogP contribution in [0.2, 0.25) is 0 Å². The van der Waals surface area contributed by atoms with Gasteiger partial charge in [0.05, 0.1) is 18.9 Å². The van der Waals surface area contributed by atoms with E-state index < -0.39 is 0 Å². The van der Waals surface area contributed by atoms with Gasteiger partial charge in [0.1, 0.15) is 5.82 Å². The number of amides is 1. The maximum atomic E-state index is 12.8. The molecule has 0 aliphatic carbocycles. The van der Waals surface area contributed by atoms with Crippen molar-refractivity contribution in [2.24, 2.45) is 0 Å². The SMILES string of the molecule is O=C(c1ccnc(NC2CCN(c3nccc(-c4ccccc4)n3)C2)c1)N1CCOCC1. The lowest BCUT2D eigenvalue weighted by atomic mass is 10.1. The molecule has 2 saturated heterocycles. The Labute approximate surface area is 187 Å². The molecule has 2 aliphatic heterocycles. The number of rotatable bonds is 5. The van der Waals surface area contributed by atoms with Crippen molar-refractivity contribution in [3.63, 3.8) is 0 Å². The average molecular weight is 431 g/mol. The molecule has 0 radical (unpaired) electrons. The molecule has 2 fully saturated rings. The molecular formula is C24H26N6O2. The lowest BCUT2D eigenvalue weighted by molar-refractivity contribution is 0.0303. The Balaban J connectivity index is 1.24. The highest BCUT2D eigenvalue weighted by molar-refractivity contribution is 5.94. The first-order valence-corrected chi connectivity index (χ1v) is 11.0. The van der Waals surface area contributed by atoms with Crippen LogP contribution in [-0.4, -0.2) is 71.2 Å². The van der Waals surface area contributed by atoms with E-state index in [-0.39, 0.29) is 11.9 Å². The standard InChI is InChI=1S/C24H26N6O2/c31-23(29-12-14-32-15-13-29)19-6-9-25-22(16-19)27-20-8-11-30(17-20)24-26-10-7-21(28-24)18-4-2-1-3-5-18/h1-7,9-10,16,20H,8,11-15,17H2,(H,25,27). The van der Waals surface area contributed by atoms with Crippen LogP contribution in [0.3, 0.4) is 0 Å². The van der Waals surface area contributed by atoms with Crippen molar-refractivity contribution in [1.29, 1.82) is 0 Å². The minimum Gasteiger partial charge on any atom is -0.378 e. The number of ether oxygens (including phenoxy) is 1. The van der Waals surface area contributed by atoms with E-state index in [1.807, 2.05) is 41.4 Å². The Morgan fingerprint density at radius 1 is 1.00 bits per heavy atom. The van der Waals surface area contributed by atoms with Crippen LogP contribution >= 0.6 is 0 Å². The third-order valence-electron chi connectivity index (χ3n) is 5.84. The summed E-state index contributed by atoms with van der Waals surface area (Å²) in [5.41, 5.74) is 2.65. The van der Waals surface area contributed by atoms with Crippen LogP contribution in [0.5, 0.6) is 0 Å². The predicted octanol–water partition coefficient (Wildman–Crippen LogP) is 2.70. The molecule has 1 N–H and O–H groups in total. The van der Waals surface area contributed by atoms with Crippen LogP contribution in [0.15, 0.2) is 60.9 Å². The van der Waals surface area contributed by atoms with Crippen molar-refractivity contribution in [1.82, 2.24) is 19.9 Å². The van der Waals surface area contributed by atoms with E-state index in [0.29, 0.717) is 31.9 Å². The maximum Gasteiger partial charge on any atom is 0.254 e. The summed E-state index contributed by atoms with van der Waals surface area (Å²) < 4.78 is 5.34. The molecule has 8 nitrogen and oxygen atoms in total. The third kappa shape index (κ3) is 4.55. The van der Waals surface area contributed by atoms with Crippen LogP contribution < -0.4 is 10.2 Å². The quantitative estimate of drug-likeness (QED) is 0.666. The van der Waals surface area contributed by atoms with E-state index in [4.69, 9.17) is 9.72 Å². The zero-order valence-electron chi connectivity index (χ0n) is 17.9. The topological polar surface area (TPSA) is 83.5 Å². The molecule has 0 bridgehead atoms. The number of benzene rings is 1. The number of carbonyl (C=O) groups is 1. The van der Waals surface area contributed by atoms with Crippen LogP contribution in [0, 0.1) is 0 Å². The number of nitrogens with zero attached hydrogens (tertiary/aromatic N) is 5. The van der Waals surface area contributed by atoms with Gasteiger partial charge in [-0.25, -0.2) is 15.0 Å². The number of pyridine rings is 1. The number of hydrogen-bond donors (Lipinski definition) is 1. The third-order valence-corrected chi connectivity index (χ3v) is 5.84. The van der Waals surface area contributed by atoms with Crippen molar-refractivity contribution >= 4 is 17.7 Å². The van der Waals surface area contributed by atoms with Crippen LogP contribution in [0.4, 0.5) is 11.8 Å². The summed E-state index contributed by atoms with van der Waals surface area (Å²) in [4.78, 5) is 30.5. The second kappa shape index (κ2) is 9.32.